The van der Waals surface area contributed by atoms with E-state index >= 15 is 0 Å². The molecule has 0 spiro atoms. The molecule has 7 aromatic carbocycles. The van der Waals surface area contributed by atoms with E-state index in [1.54, 1.807) is 24.3 Å². The Morgan fingerprint density at radius 3 is 1.01 bits per heavy atom. The van der Waals surface area contributed by atoms with Crippen molar-refractivity contribution in [2.24, 2.45) is 0 Å². The standard InChI is InChI=1S/C66H64N2O10/c1-5-58(69)48-75-61-39-29-55(30-40-61)68(57-33-43-63(44-34-57)78-66(72)8-4)54-27-37-60(38-28-54)74-46-14-10-12-16-50-19-17-49(18-20-50)15-11-9-13-45-73-59-35-25-53(26-36-59)67(56-31-41-62(42-32-56)77-65(71)7-3)52-23-21-51(22-24-52)47-76-64(70)6-2/h5-8,17-44H,1-4,9-16,45-48H2. The highest BCUT2D eigenvalue weighted by Gasteiger charge is 2.16. The summed E-state index contributed by atoms with van der Waals surface area (Å²) in [7, 11) is 0. The molecule has 398 valence electrons. The predicted molar refractivity (Wildman–Crippen MR) is 307 cm³/mol. The molecule has 7 rings (SSSR count). The van der Waals surface area contributed by atoms with Crippen LogP contribution < -0.4 is 33.5 Å². The number of hydrogen-bond acceptors (Lipinski definition) is 12. The van der Waals surface area contributed by atoms with Crippen molar-refractivity contribution >= 4 is 57.8 Å². The summed E-state index contributed by atoms with van der Waals surface area (Å²) in [5.41, 5.74) is 8.72. The number of nitrogens with zero attached hydrogens (tertiary/aromatic N) is 2. The van der Waals surface area contributed by atoms with E-state index in [0.29, 0.717) is 30.5 Å². The number of esters is 3. The Bertz CT molecular complexity index is 2870. The monoisotopic (exact) mass is 1040 g/mol. The molecular weight excluding hydrogens is 981 g/mol. The van der Waals surface area contributed by atoms with Crippen LogP contribution in [0, 0.1) is 0 Å². The first kappa shape index (κ1) is 56.3. The summed E-state index contributed by atoms with van der Waals surface area (Å²) in [5.74, 6) is 1.19. The van der Waals surface area contributed by atoms with E-state index in [4.69, 9.17) is 28.4 Å². The minimum atomic E-state index is -0.533. The van der Waals surface area contributed by atoms with Gasteiger partial charge < -0.3 is 38.2 Å². The fourth-order valence-corrected chi connectivity index (χ4v) is 8.25. The van der Waals surface area contributed by atoms with Crippen LogP contribution in [0.1, 0.15) is 55.2 Å². The van der Waals surface area contributed by atoms with Crippen LogP contribution in [-0.4, -0.2) is 43.5 Å². The number of hydrogen-bond donors (Lipinski definition) is 0. The van der Waals surface area contributed by atoms with Crippen molar-refractivity contribution in [3.63, 3.8) is 0 Å². The predicted octanol–water partition coefficient (Wildman–Crippen LogP) is 14.8. The third kappa shape index (κ3) is 17.3. The minimum Gasteiger partial charge on any atom is -0.494 e. The Morgan fingerprint density at radius 1 is 0.346 bits per heavy atom. The number of rotatable bonds is 31. The zero-order valence-corrected chi connectivity index (χ0v) is 43.8. The van der Waals surface area contributed by atoms with Crippen molar-refractivity contribution in [3.05, 3.63) is 237 Å². The molecular formula is C66H64N2O10. The van der Waals surface area contributed by atoms with Gasteiger partial charge in [0.1, 0.15) is 35.4 Å². The molecule has 12 heteroatoms. The van der Waals surface area contributed by atoms with E-state index in [0.717, 1.165) is 121 Å². The van der Waals surface area contributed by atoms with Gasteiger partial charge in [-0.25, -0.2) is 14.4 Å². The third-order valence-corrected chi connectivity index (χ3v) is 12.4. The molecule has 0 radical (unpaired) electrons. The van der Waals surface area contributed by atoms with E-state index in [1.165, 1.54) is 17.2 Å². The van der Waals surface area contributed by atoms with Crippen LogP contribution in [0.25, 0.3) is 0 Å². The number of aryl methyl sites for hydroxylation is 2. The highest BCUT2D eigenvalue weighted by atomic mass is 16.5. The average molecular weight is 1050 g/mol. The van der Waals surface area contributed by atoms with Crippen LogP contribution in [0.15, 0.2) is 220 Å². The molecule has 7 aromatic rings. The van der Waals surface area contributed by atoms with Crippen LogP contribution in [0.4, 0.5) is 34.1 Å². The molecule has 0 amide bonds. The van der Waals surface area contributed by atoms with E-state index in [1.807, 2.05) is 121 Å². The molecule has 0 fully saturated rings. The van der Waals surface area contributed by atoms with Gasteiger partial charge in [0.15, 0.2) is 12.4 Å². The summed E-state index contributed by atoms with van der Waals surface area (Å²) < 4.78 is 33.7. The second kappa shape index (κ2) is 29.6. The topological polar surface area (TPSA) is 130 Å². The maximum Gasteiger partial charge on any atom is 0.335 e. The maximum atomic E-state index is 11.8. The van der Waals surface area contributed by atoms with Gasteiger partial charge in [-0.2, -0.15) is 0 Å². The molecule has 0 saturated heterocycles. The SMILES string of the molecule is C=CC(=O)COc1ccc(N(c2ccc(OCCCCCc3ccc(CCCCCOc4ccc(N(c5ccc(COC(=O)C=C)cc5)c5ccc(OC(=O)C=C)cc5)cc4)cc3)cc2)c2ccc(OC(=O)C=C)cc2)cc1. The van der Waals surface area contributed by atoms with E-state index in [9.17, 15) is 19.2 Å². The second-order valence-electron chi connectivity index (χ2n) is 18.0. The summed E-state index contributed by atoms with van der Waals surface area (Å²) in [6.07, 6.45) is 12.8. The molecule has 0 aliphatic carbocycles. The lowest BCUT2D eigenvalue weighted by atomic mass is 10.0. The molecule has 0 bridgehead atoms. The Hall–Kier alpha value is -9.42. The first-order chi connectivity index (χ1) is 38.1. The first-order valence-electron chi connectivity index (χ1n) is 25.9. The van der Waals surface area contributed by atoms with Crippen molar-refractivity contribution in [1.82, 2.24) is 0 Å². The fraction of sp³-hybridized carbons (Fsp3) is 0.182. The van der Waals surface area contributed by atoms with Gasteiger partial charge in [0.2, 0.25) is 0 Å². The van der Waals surface area contributed by atoms with Crippen molar-refractivity contribution in [1.29, 1.82) is 0 Å². The fourth-order valence-electron chi connectivity index (χ4n) is 8.25. The zero-order chi connectivity index (χ0) is 54.9. The minimum absolute atomic E-state index is 0.0852. The number of anilines is 6. The molecule has 0 N–H and O–H groups in total. The Morgan fingerprint density at radius 2 is 0.667 bits per heavy atom. The number of benzene rings is 7. The van der Waals surface area contributed by atoms with Crippen molar-refractivity contribution in [2.75, 3.05) is 29.6 Å². The maximum absolute atomic E-state index is 11.8. The van der Waals surface area contributed by atoms with Gasteiger partial charge in [0.05, 0.1) is 13.2 Å². The average Bonchev–Trinajstić information content (AvgIpc) is 3.49. The molecule has 0 aliphatic rings. The summed E-state index contributed by atoms with van der Waals surface area (Å²) in [6, 6.07) is 54.5. The lowest BCUT2D eigenvalue weighted by Crippen LogP contribution is -2.11. The van der Waals surface area contributed by atoms with Crippen molar-refractivity contribution in [2.45, 2.75) is 58.0 Å². The van der Waals surface area contributed by atoms with Gasteiger partial charge in [0.25, 0.3) is 0 Å². The van der Waals surface area contributed by atoms with Crippen LogP contribution in [-0.2, 0) is 43.4 Å². The molecule has 0 unspecified atom stereocenters. The highest BCUT2D eigenvalue weighted by molar-refractivity contribution is 5.90. The largest absolute Gasteiger partial charge is 0.494 e. The third-order valence-electron chi connectivity index (χ3n) is 12.4. The number of ketones is 1. The van der Waals surface area contributed by atoms with Gasteiger partial charge in [-0.05, 0) is 208 Å². The number of carbonyl (C=O) groups is 4. The number of unbranched alkanes of at least 4 members (excludes halogenated alkanes) is 4. The van der Waals surface area contributed by atoms with E-state index in [-0.39, 0.29) is 19.0 Å². The summed E-state index contributed by atoms with van der Waals surface area (Å²) in [4.78, 5) is 51.0. The molecule has 0 aromatic heterocycles. The van der Waals surface area contributed by atoms with Crippen LogP contribution >= 0.6 is 0 Å². The van der Waals surface area contributed by atoms with Crippen LogP contribution in [0.5, 0.6) is 28.7 Å². The Balaban J connectivity index is 0.813. The molecule has 0 heterocycles. The smallest absolute Gasteiger partial charge is 0.335 e. The van der Waals surface area contributed by atoms with Crippen molar-refractivity contribution in [3.8, 4) is 28.7 Å². The van der Waals surface area contributed by atoms with Crippen molar-refractivity contribution < 1.29 is 47.6 Å². The van der Waals surface area contributed by atoms with E-state index in [2.05, 4.69) is 60.4 Å². The molecule has 0 atom stereocenters. The summed E-state index contributed by atoms with van der Waals surface area (Å²) >= 11 is 0. The van der Waals surface area contributed by atoms with Gasteiger partial charge in [-0.15, -0.1) is 0 Å². The van der Waals surface area contributed by atoms with Gasteiger partial charge in [-0.1, -0.05) is 62.7 Å². The number of carbonyl (C=O) groups excluding carboxylic acids is 4. The lowest BCUT2D eigenvalue weighted by molar-refractivity contribution is -0.139. The zero-order valence-electron chi connectivity index (χ0n) is 43.8. The van der Waals surface area contributed by atoms with Gasteiger partial charge >= 0.3 is 17.9 Å². The highest BCUT2D eigenvalue weighted by Crippen LogP contribution is 2.38. The first-order valence-corrected chi connectivity index (χ1v) is 25.9. The lowest BCUT2D eigenvalue weighted by Gasteiger charge is -2.26. The normalized spacial score (nSPS) is 10.6. The molecule has 0 saturated carbocycles. The molecule has 12 nitrogen and oxygen atoms in total. The second-order valence-corrected chi connectivity index (χ2v) is 18.0. The number of ether oxygens (including phenoxy) is 6. The Labute approximate surface area is 457 Å². The van der Waals surface area contributed by atoms with Gasteiger partial charge in [0, 0.05) is 52.4 Å². The Kier molecular flexibility index (Phi) is 21.4. The summed E-state index contributed by atoms with van der Waals surface area (Å²) in [6.45, 7) is 15.2. The summed E-state index contributed by atoms with van der Waals surface area (Å²) in [5, 5.41) is 0. The van der Waals surface area contributed by atoms with Crippen LogP contribution in [0.2, 0.25) is 0 Å². The van der Waals surface area contributed by atoms with E-state index < -0.39 is 17.9 Å². The quantitative estimate of drug-likeness (QED) is 0.0177. The van der Waals surface area contributed by atoms with Gasteiger partial charge in [-0.3, -0.25) is 4.79 Å². The van der Waals surface area contributed by atoms with Crippen LogP contribution in [0.3, 0.4) is 0 Å². The molecule has 78 heavy (non-hydrogen) atoms. The molecule has 0 aliphatic heterocycles.